The van der Waals surface area contributed by atoms with E-state index in [1.54, 1.807) is 4.90 Å². The van der Waals surface area contributed by atoms with Crippen molar-refractivity contribution >= 4 is 11.7 Å². The Balaban J connectivity index is 2.09. The van der Waals surface area contributed by atoms with E-state index in [4.69, 9.17) is 0 Å². The van der Waals surface area contributed by atoms with Crippen molar-refractivity contribution in [2.45, 2.75) is 71.9 Å². The predicted octanol–water partition coefficient (Wildman–Crippen LogP) is 4.50. The summed E-state index contributed by atoms with van der Waals surface area (Å²) in [6.07, 6.45) is 4.96. The van der Waals surface area contributed by atoms with Crippen LogP contribution < -0.4 is 0 Å². The number of amides is 1. The maximum Gasteiger partial charge on any atom is 0.290 e. The molecular formula is C22H29NO3. The molecule has 0 spiro atoms. The zero-order chi connectivity index (χ0) is 19.1. The average Bonchev–Trinajstić information content (AvgIpc) is 3.21. The van der Waals surface area contributed by atoms with E-state index in [1.807, 2.05) is 45.0 Å². The van der Waals surface area contributed by atoms with Gasteiger partial charge in [-0.3, -0.25) is 9.59 Å². The van der Waals surface area contributed by atoms with Gasteiger partial charge in [-0.05, 0) is 30.4 Å². The molecule has 1 unspecified atom stereocenters. The number of aliphatic hydroxyl groups is 1. The number of carbonyl (C=O) groups excluding carboxylic acids is 2. The third-order valence-corrected chi connectivity index (χ3v) is 5.59. The third-order valence-electron chi connectivity index (χ3n) is 5.59. The van der Waals surface area contributed by atoms with Gasteiger partial charge in [0.2, 0.25) is 0 Å². The third kappa shape index (κ3) is 3.17. The molecule has 1 atom stereocenters. The minimum absolute atomic E-state index is 0.0887. The molecule has 1 saturated carbocycles. The van der Waals surface area contributed by atoms with E-state index in [9.17, 15) is 14.7 Å². The number of rotatable bonds is 4. The SMILES string of the molecule is CCc1ccc(C2C(C(=O)C(C)(C)C)=C(O)C(=O)N2C2CCCC2)cc1. The van der Waals surface area contributed by atoms with Gasteiger partial charge in [-0.2, -0.15) is 0 Å². The predicted molar refractivity (Wildman–Crippen MR) is 102 cm³/mol. The summed E-state index contributed by atoms with van der Waals surface area (Å²) in [7, 11) is 0. The monoisotopic (exact) mass is 355 g/mol. The first-order valence-electron chi connectivity index (χ1n) is 9.65. The van der Waals surface area contributed by atoms with E-state index in [2.05, 4.69) is 6.92 Å². The number of ketones is 1. The Morgan fingerprint density at radius 1 is 1.15 bits per heavy atom. The van der Waals surface area contributed by atoms with Crippen LogP contribution in [0.2, 0.25) is 0 Å². The fraction of sp³-hybridized carbons (Fsp3) is 0.545. The van der Waals surface area contributed by atoms with Gasteiger partial charge in [0, 0.05) is 11.5 Å². The zero-order valence-corrected chi connectivity index (χ0v) is 16.2. The summed E-state index contributed by atoms with van der Waals surface area (Å²) in [5.74, 6) is -0.913. The fourth-order valence-electron chi connectivity index (χ4n) is 4.08. The Bertz CT molecular complexity index is 734. The maximum absolute atomic E-state index is 13.1. The molecule has 26 heavy (non-hydrogen) atoms. The van der Waals surface area contributed by atoms with Crippen LogP contribution in [-0.4, -0.2) is 27.7 Å². The van der Waals surface area contributed by atoms with Crippen LogP contribution >= 0.6 is 0 Å². The fourth-order valence-corrected chi connectivity index (χ4v) is 4.08. The molecule has 0 radical (unpaired) electrons. The molecule has 0 aromatic heterocycles. The van der Waals surface area contributed by atoms with Crippen LogP contribution in [0.1, 0.15) is 70.5 Å². The van der Waals surface area contributed by atoms with E-state index >= 15 is 0 Å². The van der Waals surface area contributed by atoms with Crippen LogP contribution in [0.15, 0.2) is 35.6 Å². The highest BCUT2D eigenvalue weighted by atomic mass is 16.3. The summed E-state index contributed by atoms with van der Waals surface area (Å²) in [6.45, 7) is 7.58. The second-order valence-electron chi connectivity index (χ2n) is 8.49. The number of carbonyl (C=O) groups is 2. The molecule has 4 heteroatoms. The summed E-state index contributed by atoms with van der Waals surface area (Å²) in [6, 6.07) is 7.68. The van der Waals surface area contributed by atoms with Crippen molar-refractivity contribution < 1.29 is 14.7 Å². The molecule has 1 heterocycles. The lowest BCUT2D eigenvalue weighted by molar-refractivity contribution is -0.131. The first-order chi connectivity index (χ1) is 12.3. The van der Waals surface area contributed by atoms with E-state index in [1.165, 1.54) is 5.56 Å². The number of aliphatic hydroxyl groups excluding tert-OH is 1. The number of aryl methyl sites for hydroxylation is 1. The number of benzene rings is 1. The Kier molecular flexibility index (Phi) is 4.96. The summed E-state index contributed by atoms with van der Waals surface area (Å²) in [4.78, 5) is 27.8. The highest BCUT2D eigenvalue weighted by Crippen LogP contribution is 2.44. The van der Waals surface area contributed by atoms with Gasteiger partial charge in [0.05, 0.1) is 11.6 Å². The molecule has 0 bridgehead atoms. The second-order valence-corrected chi connectivity index (χ2v) is 8.49. The van der Waals surface area contributed by atoms with Crippen LogP contribution in [0.4, 0.5) is 0 Å². The van der Waals surface area contributed by atoms with Gasteiger partial charge in [0.15, 0.2) is 11.5 Å². The molecule has 2 aliphatic rings. The molecule has 1 aliphatic carbocycles. The molecule has 4 nitrogen and oxygen atoms in total. The van der Waals surface area contributed by atoms with Gasteiger partial charge in [-0.1, -0.05) is 64.8 Å². The van der Waals surface area contributed by atoms with Crippen LogP contribution in [0.25, 0.3) is 0 Å². The Labute approximate surface area is 155 Å². The summed E-state index contributed by atoms with van der Waals surface area (Å²) >= 11 is 0. The average molecular weight is 355 g/mol. The van der Waals surface area contributed by atoms with Crippen molar-refractivity contribution in [1.82, 2.24) is 4.90 Å². The minimum atomic E-state index is -0.656. The number of Topliss-reactive ketones (excluding diaryl/α,β-unsaturated/α-hetero) is 1. The Morgan fingerprint density at radius 3 is 2.23 bits per heavy atom. The molecule has 0 saturated heterocycles. The summed E-state index contributed by atoms with van der Waals surface area (Å²) in [5.41, 5.74) is 1.72. The highest BCUT2D eigenvalue weighted by molar-refractivity contribution is 6.10. The normalized spacial score (nSPS) is 21.8. The first-order valence-corrected chi connectivity index (χ1v) is 9.65. The van der Waals surface area contributed by atoms with Crippen molar-refractivity contribution in [2.75, 3.05) is 0 Å². The Morgan fingerprint density at radius 2 is 1.73 bits per heavy atom. The summed E-state index contributed by atoms with van der Waals surface area (Å²) in [5, 5.41) is 10.6. The van der Waals surface area contributed by atoms with Gasteiger partial charge in [0.25, 0.3) is 5.91 Å². The molecule has 140 valence electrons. The van der Waals surface area contributed by atoms with Crippen LogP contribution in [0.3, 0.4) is 0 Å². The minimum Gasteiger partial charge on any atom is -0.503 e. The maximum atomic E-state index is 13.1. The van der Waals surface area contributed by atoms with Gasteiger partial charge in [-0.15, -0.1) is 0 Å². The molecule has 1 amide bonds. The van der Waals surface area contributed by atoms with E-state index in [0.29, 0.717) is 0 Å². The van der Waals surface area contributed by atoms with Crippen LogP contribution in [0.5, 0.6) is 0 Å². The second kappa shape index (κ2) is 6.90. The van der Waals surface area contributed by atoms with Crippen LogP contribution in [0, 0.1) is 5.41 Å². The number of hydrogen-bond acceptors (Lipinski definition) is 3. The largest absolute Gasteiger partial charge is 0.503 e. The van der Waals surface area contributed by atoms with Crippen molar-refractivity contribution in [3.63, 3.8) is 0 Å². The van der Waals surface area contributed by atoms with Crippen LogP contribution in [-0.2, 0) is 16.0 Å². The molecule has 1 aliphatic heterocycles. The molecule has 1 N–H and O–H groups in total. The Hall–Kier alpha value is -2.10. The van der Waals surface area contributed by atoms with Crippen molar-refractivity contribution in [3.8, 4) is 0 Å². The molecule has 1 aromatic rings. The standard InChI is InChI=1S/C22H29NO3/c1-5-14-10-12-15(13-11-14)18-17(20(25)22(2,3)4)19(24)21(26)23(18)16-8-6-7-9-16/h10-13,16,18,24H,5-9H2,1-4H3. The number of nitrogens with zero attached hydrogens (tertiary/aromatic N) is 1. The van der Waals surface area contributed by atoms with E-state index in [-0.39, 0.29) is 23.2 Å². The number of hydrogen-bond donors (Lipinski definition) is 1. The molecular weight excluding hydrogens is 326 g/mol. The topological polar surface area (TPSA) is 57.6 Å². The van der Waals surface area contributed by atoms with Gasteiger partial charge >= 0.3 is 0 Å². The molecule has 1 aromatic carbocycles. The molecule has 3 rings (SSSR count). The highest BCUT2D eigenvalue weighted by Gasteiger charge is 2.48. The van der Waals surface area contributed by atoms with Crippen molar-refractivity contribution in [3.05, 3.63) is 46.7 Å². The quantitative estimate of drug-likeness (QED) is 0.865. The lowest BCUT2D eigenvalue weighted by Gasteiger charge is -2.33. The van der Waals surface area contributed by atoms with Gasteiger partial charge < -0.3 is 10.0 Å². The molecule has 1 fully saturated rings. The first kappa shape index (κ1) is 18.7. The smallest absolute Gasteiger partial charge is 0.290 e. The van der Waals surface area contributed by atoms with Crippen molar-refractivity contribution in [1.29, 1.82) is 0 Å². The zero-order valence-electron chi connectivity index (χ0n) is 16.2. The van der Waals surface area contributed by atoms with Gasteiger partial charge in [0.1, 0.15) is 0 Å². The van der Waals surface area contributed by atoms with E-state index < -0.39 is 17.4 Å². The lowest BCUT2D eigenvalue weighted by atomic mass is 9.82. The van der Waals surface area contributed by atoms with Gasteiger partial charge in [-0.25, -0.2) is 0 Å². The summed E-state index contributed by atoms with van der Waals surface area (Å²) < 4.78 is 0. The van der Waals surface area contributed by atoms with E-state index in [0.717, 1.165) is 37.7 Å². The lowest BCUT2D eigenvalue weighted by Crippen LogP contribution is -2.39. The van der Waals surface area contributed by atoms with Crippen molar-refractivity contribution in [2.24, 2.45) is 5.41 Å².